The smallest absolute Gasteiger partial charge is 0.0579 e. The van der Waals surface area contributed by atoms with Gasteiger partial charge in [-0.3, -0.25) is 10.6 Å². The van der Waals surface area contributed by atoms with Gasteiger partial charge in [0.15, 0.2) is 0 Å². The summed E-state index contributed by atoms with van der Waals surface area (Å²) >= 11 is 0. The molecule has 2 aliphatic carbocycles. The Balaban J connectivity index is 1.40. The lowest BCUT2D eigenvalue weighted by atomic mass is 9.79. The van der Waals surface area contributed by atoms with Crippen molar-refractivity contribution in [3.05, 3.63) is 6.54 Å². The topological polar surface area (TPSA) is 50.1 Å². The molecule has 1 radical (unpaired) electrons. The molecule has 2 unspecified atom stereocenters. The van der Waals surface area contributed by atoms with Crippen molar-refractivity contribution in [1.29, 1.82) is 0 Å². The molecular weight excluding hydrogens is 258 g/mol. The van der Waals surface area contributed by atoms with Crippen molar-refractivity contribution in [2.24, 2.45) is 17.6 Å². The first-order chi connectivity index (χ1) is 10.3. The van der Waals surface area contributed by atoms with Crippen LogP contribution < -0.4 is 16.4 Å². The maximum absolute atomic E-state index is 6.01. The molecule has 21 heavy (non-hydrogen) atoms. The summed E-state index contributed by atoms with van der Waals surface area (Å²) in [6.07, 6.45) is 16.9. The van der Waals surface area contributed by atoms with Gasteiger partial charge in [-0.1, -0.05) is 32.1 Å². The van der Waals surface area contributed by atoms with E-state index >= 15 is 0 Å². The molecule has 0 amide bonds. The van der Waals surface area contributed by atoms with Gasteiger partial charge >= 0.3 is 0 Å². The van der Waals surface area contributed by atoms with Crippen LogP contribution in [0.1, 0.15) is 77.0 Å². The number of rotatable bonds is 4. The summed E-state index contributed by atoms with van der Waals surface area (Å²) in [5.41, 5.74) is 6.01. The van der Waals surface area contributed by atoms with Crippen LogP contribution in [0.25, 0.3) is 0 Å². The molecular formula is C18H34N3. The molecule has 1 heterocycles. The van der Waals surface area contributed by atoms with Crippen molar-refractivity contribution >= 4 is 0 Å². The SMILES string of the molecule is NC1CCC(NC2CC(CC3CCCCC3)C[CH]N2)CC1. The van der Waals surface area contributed by atoms with Gasteiger partial charge in [0.25, 0.3) is 0 Å². The van der Waals surface area contributed by atoms with Crippen molar-refractivity contribution in [1.82, 2.24) is 10.6 Å². The van der Waals surface area contributed by atoms with Crippen molar-refractivity contribution in [2.75, 3.05) is 0 Å². The first kappa shape index (κ1) is 15.8. The van der Waals surface area contributed by atoms with E-state index < -0.39 is 0 Å². The van der Waals surface area contributed by atoms with Crippen molar-refractivity contribution in [2.45, 2.75) is 95.3 Å². The molecule has 2 saturated carbocycles. The highest BCUT2D eigenvalue weighted by atomic mass is 15.1. The van der Waals surface area contributed by atoms with Gasteiger partial charge in [0.05, 0.1) is 6.17 Å². The maximum Gasteiger partial charge on any atom is 0.0579 e. The fraction of sp³-hybridized carbons (Fsp3) is 0.944. The van der Waals surface area contributed by atoms with Gasteiger partial charge in [0, 0.05) is 18.6 Å². The highest BCUT2D eigenvalue weighted by Crippen LogP contribution is 2.33. The fourth-order valence-corrected chi connectivity index (χ4v) is 4.65. The van der Waals surface area contributed by atoms with Gasteiger partial charge in [-0.05, 0) is 56.8 Å². The number of hydrogen-bond acceptors (Lipinski definition) is 3. The van der Waals surface area contributed by atoms with Crippen LogP contribution in [0.2, 0.25) is 0 Å². The Labute approximate surface area is 130 Å². The van der Waals surface area contributed by atoms with Gasteiger partial charge in [-0.25, -0.2) is 0 Å². The van der Waals surface area contributed by atoms with Crippen LogP contribution in [0, 0.1) is 18.4 Å². The number of nitrogens with two attached hydrogens (primary N) is 1. The molecule has 0 aromatic rings. The summed E-state index contributed by atoms with van der Waals surface area (Å²) in [6.45, 7) is 2.32. The van der Waals surface area contributed by atoms with Crippen LogP contribution in [0.3, 0.4) is 0 Å². The van der Waals surface area contributed by atoms with Crippen LogP contribution >= 0.6 is 0 Å². The molecule has 0 aromatic heterocycles. The highest BCUT2D eigenvalue weighted by Gasteiger charge is 2.27. The van der Waals surface area contributed by atoms with Crippen molar-refractivity contribution in [3.8, 4) is 0 Å². The molecule has 121 valence electrons. The molecule has 3 fully saturated rings. The zero-order valence-electron chi connectivity index (χ0n) is 13.5. The molecule has 3 rings (SSSR count). The van der Waals surface area contributed by atoms with Gasteiger partial charge in [0.1, 0.15) is 0 Å². The van der Waals surface area contributed by atoms with Crippen LogP contribution in [-0.2, 0) is 0 Å². The minimum Gasteiger partial charge on any atom is -0.328 e. The van der Waals surface area contributed by atoms with Gasteiger partial charge < -0.3 is 5.73 Å². The number of piperidine rings is 1. The predicted molar refractivity (Wildman–Crippen MR) is 88.5 cm³/mol. The average molecular weight is 292 g/mol. The molecule has 1 saturated heterocycles. The van der Waals surface area contributed by atoms with Crippen molar-refractivity contribution < 1.29 is 0 Å². The second-order valence-electron chi connectivity index (χ2n) is 7.78. The lowest BCUT2D eigenvalue weighted by Crippen LogP contribution is -2.51. The van der Waals surface area contributed by atoms with Crippen LogP contribution in [-0.4, -0.2) is 18.2 Å². The molecule has 0 bridgehead atoms. The largest absolute Gasteiger partial charge is 0.328 e. The van der Waals surface area contributed by atoms with Crippen LogP contribution in [0.5, 0.6) is 0 Å². The fourth-order valence-electron chi connectivity index (χ4n) is 4.65. The molecule has 3 heteroatoms. The summed E-state index contributed by atoms with van der Waals surface area (Å²) < 4.78 is 0. The van der Waals surface area contributed by atoms with E-state index in [1.54, 1.807) is 0 Å². The van der Waals surface area contributed by atoms with Gasteiger partial charge in [-0.2, -0.15) is 0 Å². The third kappa shape index (κ3) is 4.94. The Morgan fingerprint density at radius 1 is 0.952 bits per heavy atom. The molecule has 2 atom stereocenters. The van der Waals surface area contributed by atoms with Crippen LogP contribution in [0.15, 0.2) is 0 Å². The highest BCUT2D eigenvalue weighted by molar-refractivity contribution is 4.88. The monoisotopic (exact) mass is 292 g/mol. The maximum atomic E-state index is 6.01. The Morgan fingerprint density at radius 3 is 2.48 bits per heavy atom. The predicted octanol–water partition coefficient (Wildman–Crippen LogP) is 3.30. The first-order valence-corrected chi connectivity index (χ1v) is 9.39. The minimum absolute atomic E-state index is 0.452. The summed E-state index contributed by atoms with van der Waals surface area (Å²) in [4.78, 5) is 0. The minimum atomic E-state index is 0.452. The third-order valence-corrected chi connectivity index (χ3v) is 5.94. The average Bonchev–Trinajstić information content (AvgIpc) is 2.51. The lowest BCUT2D eigenvalue weighted by molar-refractivity contribution is 0.205. The van der Waals surface area contributed by atoms with Gasteiger partial charge in [-0.15, -0.1) is 0 Å². The number of hydrogen-bond donors (Lipinski definition) is 3. The molecule has 0 spiro atoms. The van der Waals surface area contributed by atoms with Gasteiger partial charge in [0.2, 0.25) is 0 Å². The van der Waals surface area contributed by atoms with E-state index in [0.717, 1.165) is 11.8 Å². The molecule has 3 aliphatic rings. The Bertz CT molecular complexity index is 293. The summed E-state index contributed by atoms with van der Waals surface area (Å²) in [7, 11) is 0. The molecule has 4 N–H and O–H groups in total. The second kappa shape index (κ2) is 7.94. The molecule has 0 aromatic carbocycles. The van der Waals surface area contributed by atoms with E-state index in [4.69, 9.17) is 5.73 Å². The van der Waals surface area contributed by atoms with Crippen molar-refractivity contribution in [3.63, 3.8) is 0 Å². The van der Waals surface area contributed by atoms with E-state index in [1.165, 1.54) is 77.0 Å². The Kier molecular flexibility index (Phi) is 5.96. The zero-order valence-corrected chi connectivity index (χ0v) is 13.5. The quantitative estimate of drug-likeness (QED) is 0.745. The summed E-state index contributed by atoms with van der Waals surface area (Å²) in [5, 5.41) is 7.43. The standard InChI is InChI=1S/C18H34N3/c19-16-6-8-17(9-7-16)21-18-13-15(10-11-20-18)12-14-4-2-1-3-5-14/h11,14-18,20-21H,1-10,12-13,19H2. The first-order valence-electron chi connectivity index (χ1n) is 9.39. The number of nitrogens with one attached hydrogen (secondary N) is 2. The summed E-state index contributed by atoms with van der Waals surface area (Å²) in [6, 6.07) is 1.14. The lowest BCUT2D eigenvalue weighted by Gasteiger charge is -2.37. The third-order valence-electron chi connectivity index (χ3n) is 5.94. The van der Waals surface area contributed by atoms with E-state index in [-0.39, 0.29) is 0 Å². The Morgan fingerprint density at radius 2 is 1.71 bits per heavy atom. The normalized spacial score (nSPS) is 39.3. The van der Waals surface area contributed by atoms with E-state index in [9.17, 15) is 0 Å². The van der Waals surface area contributed by atoms with E-state index in [2.05, 4.69) is 17.2 Å². The zero-order chi connectivity index (χ0) is 14.5. The summed E-state index contributed by atoms with van der Waals surface area (Å²) in [5.74, 6) is 1.92. The van der Waals surface area contributed by atoms with Crippen LogP contribution in [0.4, 0.5) is 0 Å². The second-order valence-corrected chi connectivity index (χ2v) is 7.78. The van der Waals surface area contributed by atoms with E-state index in [0.29, 0.717) is 18.2 Å². The Hall–Kier alpha value is -0.120. The molecule has 1 aliphatic heterocycles. The molecule has 3 nitrogen and oxygen atoms in total. The van der Waals surface area contributed by atoms with E-state index in [1.807, 2.05) is 0 Å².